The second-order valence-corrected chi connectivity index (χ2v) is 22.1. The zero-order valence-corrected chi connectivity index (χ0v) is 22.4. The minimum atomic E-state index is -1.49. The number of fused-ring (bicyclic) bond motifs is 5. The van der Waals surface area contributed by atoms with Gasteiger partial charge in [0, 0.05) is 6.10 Å². The Labute approximate surface area is 182 Å². The second-order valence-electron chi connectivity index (χ2n) is 13.2. The lowest BCUT2D eigenvalue weighted by Crippen LogP contribution is -2.53. The van der Waals surface area contributed by atoms with E-state index in [4.69, 9.17) is 8.85 Å². The van der Waals surface area contributed by atoms with Crippen molar-refractivity contribution in [2.24, 2.45) is 28.6 Å². The quantitative estimate of drug-likeness (QED) is 0.339. The van der Waals surface area contributed by atoms with E-state index in [0.717, 1.165) is 17.8 Å². The predicted octanol–water partition coefficient (Wildman–Crippen LogP) is 7.39. The third kappa shape index (κ3) is 4.13. The zero-order chi connectivity index (χ0) is 21.2. The van der Waals surface area contributed by atoms with Crippen LogP contribution in [0.5, 0.6) is 0 Å². The first kappa shape index (κ1) is 22.3. The Morgan fingerprint density at radius 3 is 2.21 bits per heavy atom. The molecule has 0 aromatic carbocycles. The molecule has 0 spiro atoms. The van der Waals surface area contributed by atoms with Gasteiger partial charge in [-0.2, -0.15) is 0 Å². The summed E-state index contributed by atoms with van der Waals surface area (Å²) in [7, 11) is -2.96. The zero-order valence-electron chi connectivity index (χ0n) is 20.4. The molecule has 0 aromatic heterocycles. The average Bonchev–Trinajstić information content (AvgIpc) is 2.87. The summed E-state index contributed by atoms with van der Waals surface area (Å²) in [6, 6.07) is 0. The molecule has 3 saturated carbocycles. The molecule has 2 nitrogen and oxygen atoms in total. The molecule has 4 aliphatic rings. The van der Waals surface area contributed by atoms with Gasteiger partial charge in [-0.05, 0) is 119 Å². The van der Waals surface area contributed by atoms with Gasteiger partial charge in [0.2, 0.25) is 0 Å². The van der Waals surface area contributed by atoms with Crippen LogP contribution in [-0.2, 0) is 8.85 Å². The molecule has 0 saturated heterocycles. The van der Waals surface area contributed by atoms with Gasteiger partial charge in [0.05, 0.1) is 6.10 Å². The van der Waals surface area contributed by atoms with Gasteiger partial charge >= 0.3 is 0 Å². The largest absolute Gasteiger partial charge is 0.415 e. The van der Waals surface area contributed by atoms with Crippen molar-refractivity contribution in [1.82, 2.24) is 0 Å². The Morgan fingerprint density at radius 1 is 0.862 bits per heavy atom. The van der Waals surface area contributed by atoms with E-state index in [0.29, 0.717) is 23.0 Å². The molecule has 4 aliphatic carbocycles. The van der Waals surface area contributed by atoms with Crippen molar-refractivity contribution in [3.05, 3.63) is 11.6 Å². The van der Waals surface area contributed by atoms with Gasteiger partial charge in [-0.15, -0.1) is 0 Å². The molecule has 0 N–H and O–H groups in total. The van der Waals surface area contributed by atoms with Crippen molar-refractivity contribution in [3.8, 4) is 0 Å². The second kappa shape index (κ2) is 7.32. The lowest BCUT2D eigenvalue weighted by Gasteiger charge is -2.58. The average molecular weight is 435 g/mol. The lowest BCUT2D eigenvalue weighted by molar-refractivity contribution is -0.0706. The van der Waals surface area contributed by atoms with Gasteiger partial charge in [-0.1, -0.05) is 25.5 Å². The van der Waals surface area contributed by atoms with Gasteiger partial charge < -0.3 is 8.85 Å². The highest BCUT2D eigenvalue weighted by Gasteiger charge is 2.59. The fourth-order valence-corrected chi connectivity index (χ4v) is 10.3. The molecule has 0 heterocycles. The number of hydrogen-bond acceptors (Lipinski definition) is 2. The van der Waals surface area contributed by atoms with Gasteiger partial charge in [0.1, 0.15) is 0 Å². The minimum Gasteiger partial charge on any atom is -0.415 e. The number of rotatable bonds is 4. The van der Waals surface area contributed by atoms with Crippen LogP contribution in [0.4, 0.5) is 0 Å². The van der Waals surface area contributed by atoms with Crippen LogP contribution in [0.3, 0.4) is 0 Å². The molecule has 166 valence electrons. The molecular formula is C25H46O2Si2. The molecule has 0 amide bonds. The molecular weight excluding hydrogens is 388 g/mol. The highest BCUT2D eigenvalue weighted by molar-refractivity contribution is 6.70. The van der Waals surface area contributed by atoms with Crippen LogP contribution < -0.4 is 0 Å². The molecule has 4 rings (SSSR count). The summed E-state index contributed by atoms with van der Waals surface area (Å²) < 4.78 is 13.4. The summed E-state index contributed by atoms with van der Waals surface area (Å²) >= 11 is 0. The standard InChI is InChI=1S/C25H46O2Si2/c1-24-16-15-22-20(21(24)13-14-23(24)27-29(6,7)8)12-10-18-9-11-19(17-25(18,22)2)26-28(3,4)5/h10,19-23H,9,11-17H2,1-8H3/t19-,20?,21?,22?,23+,24?,25?/m0/s1. The van der Waals surface area contributed by atoms with Crippen LogP contribution in [-0.4, -0.2) is 28.8 Å². The van der Waals surface area contributed by atoms with E-state index in [1.807, 2.05) is 0 Å². The Balaban J connectivity index is 1.56. The van der Waals surface area contributed by atoms with Gasteiger partial charge in [0.25, 0.3) is 0 Å². The van der Waals surface area contributed by atoms with Crippen molar-refractivity contribution in [2.45, 2.75) is 117 Å². The number of allylic oxidation sites excluding steroid dienone is 2. The lowest BCUT2D eigenvalue weighted by atomic mass is 9.48. The predicted molar refractivity (Wildman–Crippen MR) is 128 cm³/mol. The first-order chi connectivity index (χ1) is 13.3. The molecule has 29 heavy (non-hydrogen) atoms. The van der Waals surface area contributed by atoms with Crippen LogP contribution in [0.2, 0.25) is 39.3 Å². The SMILES string of the molecule is CC12C[C@@H](O[Si](C)(C)C)CCC1=CCC1C2CCC2(C)C1CC[C@H]2O[Si](C)(C)C. The summed E-state index contributed by atoms with van der Waals surface area (Å²) in [5.74, 6) is 2.58. The third-order valence-electron chi connectivity index (χ3n) is 8.94. The smallest absolute Gasteiger partial charge is 0.184 e. The number of hydrogen-bond donors (Lipinski definition) is 0. The highest BCUT2D eigenvalue weighted by atomic mass is 28.4. The van der Waals surface area contributed by atoms with Crippen LogP contribution in [0.1, 0.15) is 65.2 Å². The van der Waals surface area contributed by atoms with E-state index >= 15 is 0 Å². The third-order valence-corrected chi connectivity index (χ3v) is 11.0. The van der Waals surface area contributed by atoms with Crippen molar-refractivity contribution >= 4 is 16.6 Å². The molecule has 0 radical (unpaired) electrons. The van der Waals surface area contributed by atoms with Crippen molar-refractivity contribution < 1.29 is 8.85 Å². The van der Waals surface area contributed by atoms with Gasteiger partial charge in [0.15, 0.2) is 16.6 Å². The maximum absolute atomic E-state index is 6.76. The van der Waals surface area contributed by atoms with Crippen LogP contribution in [0.25, 0.3) is 0 Å². The van der Waals surface area contributed by atoms with Crippen LogP contribution >= 0.6 is 0 Å². The van der Waals surface area contributed by atoms with Gasteiger partial charge in [-0.3, -0.25) is 0 Å². The summed E-state index contributed by atoms with van der Waals surface area (Å²) in [6.45, 7) is 19.4. The molecule has 0 aliphatic heterocycles. The first-order valence-electron chi connectivity index (χ1n) is 12.4. The van der Waals surface area contributed by atoms with E-state index in [1.165, 1.54) is 51.4 Å². The van der Waals surface area contributed by atoms with E-state index in [1.54, 1.807) is 5.57 Å². The summed E-state index contributed by atoms with van der Waals surface area (Å²) in [6.07, 6.45) is 14.3. The maximum atomic E-state index is 6.76. The van der Waals surface area contributed by atoms with Crippen molar-refractivity contribution in [2.75, 3.05) is 0 Å². The van der Waals surface area contributed by atoms with Crippen LogP contribution in [0, 0.1) is 28.6 Å². The Bertz CT molecular complexity index is 661. The Kier molecular flexibility index (Phi) is 5.62. The fourth-order valence-electron chi connectivity index (χ4n) is 7.89. The van der Waals surface area contributed by atoms with E-state index < -0.39 is 16.6 Å². The fraction of sp³-hybridized carbons (Fsp3) is 0.920. The topological polar surface area (TPSA) is 18.5 Å². The first-order valence-corrected chi connectivity index (χ1v) is 19.2. The Morgan fingerprint density at radius 2 is 1.55 bits per heavy atom. The maximum Gasteiger partial charge on any atom is 0.184 e. The van der Waals surface area contributed by atoms with Crippen molar-refractivity contribution in [1.29, 1.82) is 0 Å². The van der Waals surface area contributed by atoms with E-state index in [2.05, 4.69) is 59.2 Å². The van der Waals surface area contributed by atoms with E-state index in [-0.39, 0.29) is 0 Å². The molecule has 0 aromatic rings. The normalized spacial score (nSPS) is 45.2. The summed E-state index contributed by atoms with van der Waals surface area (Å²) in [4.78, 5) is 0. The molecule has 4 heteroatoms. The molecule has 7 atom stereocenters. The Hall–Kier alpha value is 0.0938. The summed E-state index contributed by atoms with van der Waals surface area (Å²) in [5.41, 5.74) is 2.57. The van der Waals surface area contributed by atoms with Crippen molar-refractivity contribution in [3.63, 3.8) is 0 Å². The highest BCUT2D eigenvalue weighted by Crippen LogP contribution is 2.65. The minimum absolute atomic E-state index is 0.379. The molecule has 0 bridgehead atoms. The van der Waals surface area contributed by atoms with E-state index in [9.17, 15) is 0 Å². The van der Waals surface area contributed by atoms with Gasteiger partial charge in [-0.25, -0.2) is 0 Å². The summed E-state index contributed by atoms with van der Waals surface area (Å²) in [5, 5.41) is 0. The molecule has 3 fully saturated rings. The molecule has 5 unspecified atom stereocenters. The van der Waals surface area contributed by atoms with Crippen LogP contribution in [0.15, 0.2) is 11.6 Å². The monoisotopic (exact) mass is 434 g/mol.